The van der Waals surface area contributed by atoms with E-state index in [4.69, 9.17) is 21.1 Å². The van der Waals surface area contributed by atoms with Gasteiger partial charge in [-0.1, -0.05) is 35.9 Å². The summed E-state index contributed by atoms with van der Waals surface area (Å²) in [5.74, 6) is 1.02. The third-order valence-electron chi connectivity index (χ3n) is 3.19. The highest BCUT2D eigenvalue weighted by Gasteiger charge is 2.19. The van der Waals surface area contributed by atoms with Crippen LogP contribution in [0.4, 0.5) is 5.69 Å². The highest BCUT2D eigenvalue weighted by Crippen LogP contribution is 2.40. The Hall–Kier alpha value is -1.91. The van der Waals surface area contributed by atoms with Gasteiger partial charge >= 0.3 is 0 Å². The first kappa shape index (κ1) is 15.5. The molecule has 112 valence electrons. The van der Waals surface area contributed by atoms with Crippen LogP contribution in [0, 0.1) is 0 Å². The molecule has 0 aliphatic carbocycles. The average Bonchev–Trinajstić information content (AvgIpc) is 2.53. The highest BCUT2D eigenvalue weighted by atomic mass is 35.5. The van der Waals surface area contributed by atoms with E-state index in [0.717, 1.165) is 11.3 Å². The second kappa shape index (κ2) is 7.20. The van der Waals surface area contributed by atoms with Crippen molar-refractivity contribution in [3.63, 3.8) is 0 Å². The Balaban J connectivity index is 2.34. The van der Waals surface area contributed by atoms with Crippen LogP contribution < -0.4 is 14.8 Å². The van der Waals surface area contributed by atoms with Crippen molar-refractivity contribution >= 4 is 17.3 Å². The number of ether oxygens (including phenoxy) is 2. The SMILES string of the molecule is COc1ccc(C(CO)Nc2ccccc2)c(Cl)c1OC. The van der Waals surface area contributed by atoms with Crippen LogP contribution in [0.15, 0.2) is 42.5 Å². The molecule has 0 saturated carbocycles. The molecule has 0 saturated heterocycles. The lowest BCUT2D eigenvalue weighted by molar-refractivity contribution is 0.276. The number of methoxy groups -OCH3 is 2. The summed E-state index contributed by atoms with van der Waals surface area (Å²) in [7, 11) is 3.09. The third-order valence-corrected chi connectivity index (χ3v) is 3.58. The molecule has 21 heavy (non-hydrogen) atoms. The van der Waals surface area contributed by atoms with E-state index in [1.165, 1.54) is 7.11 Å². The minimum atomic E-state index is -0.334. The first-order valence-electron chi connectivity index (χ1n) is 6.54. The van der Waals surface area contributed by atoms with Gasteiger partial charge in [-0.05, 0) is 23.8 Å². The standard InChI is InChI=1S/C16H18ClNO3/c1-20-14-9-8-12(15(17)16(14)21-2)13(10-19)18-11-6-4-3-5-7-11/h3-9,13,18-19H,10H2,1-2H3. The van der Waals surface area contributed by atoms with Gasteiger partial charge in [0.15, 0.2) is 11.5 Å². The van der Waals surface area contributed by atoms with Gasteiger partial charge in [0.05, 0.1) is 31.9 Å². The van der Waals surface area contributed by atoms with Gasteiger partial charge in [0.2, 0.25) is 0 Å². The molecule has 0 bridgehead atoms. The summed E-state index contributed by atoms with van der Waals surface area (Å²) in [5.41, 5.74) is 1.66. The molecule has 0 aliphatic rings. The Morgan fingerprint density at radius 3 is 2.38 bits per heavy atom. The molecule has 0 fully saturated rings. The van der Waals surface area contributed by atoms with E-state index < -0.39 is 0 Å². The van der Waals surface area contributed by atoms with Crippen LogP contribution in [0.1, 0.15) is 11.6 Å². The Bertz CT molecular complexity index is 590. The molecule has 2 aromatic carbocycles. The number of aliphatic hydroxyl groups is 1. The molecule has 1 atom stereocenters. The zero-order valence-corrected chi connectivity index (χ0v) is 12.7. The van der Waals surface area contributed by atoms with E-state index in [9.17, 15) is 5.11 Å². The average molecular weight is 308 g/mol. The Morgan fingerprint density at radius 1 is 1.10 bits per heavy atom. The zero-order chi connectivity index (χ0) is 15.2. The van der Waals surface area contributed by atoms with Crippen LogP contribution >= 0.6 is 11.6 Å². The first-order valence-corrected chi connectivity index (χ1v) is 6.91. The van der Waals surface area contributed by atoms with Gasteiger partial charge in [-0.25, -0.2) is 0 Å². The van der Waals surface area contributed by atoms with Crippen molar-refractivity contribution in [1.29, 1.82) is 0 Å². The summed E-state index contributed by atoms with van der Waals surface area (Å²) in [6.45, 7) is -0.0932. The second-order valence-corrected chi connectivity index (χ2v) is 4.83. The van der Waals surface area contributed by atoms with Crippen molar-refractivity contribution in [2.45, 2.75) is 6.04 Å². The van der Waals surface area contributed by atoms with Crippen molar-refractivity contribution in [2.75, 3.05) is 26.1 Å². The van der Waals surface area contributed by atoms with Gasteiger partial charge in [0.25, 0.3) is 0 Å². The van der Waals surface area contributed by atoms with Gasteiger partial charge in [-0.15, -0.1) is 0 Å². The lowest BCUT2D eigenvalue weighted by Gasteiger charge is -2.21. The van der Waals surface area contributed by atoms with Crippen LogP contribution in [0.3, 0.4) is 0 Å². The number of rotatable bonds is 6. The summed E-state index contributed by atoms with van der Waals surface area (Å²) >= 11 is 6.38. The van der Waals surface area contributed by atoms with Crippen molar-refractivity contribution in [3.05, 3.63) is 53.1 Å². The number of benzene rings is 2. The number of para-hydroxylation sites is 1. The zero-order valence-electron chi connectivity index (χ0n) is 12.0. The number of nitrogens with one attached hydrogen (secondary N) is 1. The second-order valence-electron chi connectivity index (χ2n) is 4.45. The van der Waals surface area contributed by atoms with Crippen molar-refractivity contribution < 1.29 is 14.6 Å². The maximum Gasteiger partial charge on any atom is 0.179 e. The summed E-state index contributed by atoms with van der Waals surface area (Å²) in [4.78, 5) is 0. The van der Waals surface area contributed by atoms with Crippen molar-refractivity contribution in [3.8, 4) is 11.5 Å². The van der Waals surface area contributed by atoms with Gasteiger partial charge in [0.1, 0.15) is 0 Å². The van der Waals surface area contributed by atoms with E-state index >= 15 is 0 Å². The van der Waals surface area contributed by atoms with Crippen LogP contribution in [0.25, 0.3) is 0 Å². The molecule has 5 heteroatoms. The molecule has 2 rings (SSSR count). The molecule has 2 aromatic rings. The summed E-state index contributed by atoms with van der Waals surface area (Å²) in [6, 6.07) is 12.9. The number of halogens is 1. The van der Waals surface area contributed by atoms with Crippen LogP contribution in [0.5, 0.6) is 11.5 Å². The Kier molecular flexibility index (Phi) is 5.31. The fourth-order valence-electron chi connectivity index (χ4n) is 2.13. The van der Waals surface area contributed by atoms with E-state index in [1.807, 2.05) is 36.4 Å². The predicted molar refractivity (Wildman–Crippen MR) is 84.4 cm³/mol. The van der Waals surface area contributed by atoms with Gasteiger partial charge in [-0.2, -0.15) is 0 Å². The van der Waals surface area contributed by atoms with Crippen LogP contribution in [-0.4, -0.2) is 25.9 Å². The lowest BCUT2D eigenvalue weighted by atomic mass is 10.1. The molecular weight excluding hydrogens is 290 g/mol. The maximum absolute atomic E-state index is 9.66. The van der Waals surface area contributed by atoms with E-state index in [2.05, 4.69) is 5.32 Å². The summed E-state index contributed by atoms with van der Waals surface area (Å²) in [5, 5.41) is 13.3. The number of hydrogen-bond donors (Lipinski definition) is 2. The number of aliphatic hydroxyl groups excluding tert-OH is 1. The molecule has 0 aliphatic heterocycles. The third kappa shape index (κ3) is 3.40. The van der Waals surface area contributed by atoms with E-state index in [-0.39, 0.29) is 12.6 Å². The molecule has 0 heterocycles. The van der Waals surface area contributed by atoms with Gasteiger partial charge in [-0.3, -0.25) is 0 Å². The normalized spacial score (nSPS) is 11.8. The lowest BCUT2D eigenvalue weighted by Crippen LogP contribution is -2.15. The van der Waals surface area contributed by atoms with E-state index in [1.54, 1.807) is 13.2 Å². The maximum atomic E-state index is 9.66. The van der Waals surface area contributed by atoms with Crippen LogP contribution in [-0.2, 0) is 0 Å². The molecule has 0 spiro atoms. The molecule has 2 N–H and O–H groups in total. The molecule has 0 aromatic heterocycles. The molecule has 0 amide bonds. The fraction of sp³-hybridized carbons (Fsp3) is 0.250. The monoisotopic (exact) mass is 307 g/mol. The smallest absolute Gasteiger partial charge is 0.179 e. The van der Waals surface area contributed by atoms with E-state index in [0.29, 0.717) is 16.5 Å². The minimum Gasteiger partial charge on any atom is -0.493 e. The quantitative estimate of drug-likeness (QED) is 0.857. The molecule has 0 radical (unpaired) electrons. The molecule has 1 unspecified atom stereocenters. The number of anilines is 1. The van der Waals surface area contributed by atoms with Crippen molar-refractivity contribution in [1.82, 2.24) is 0 Å². The fourth-order valence-corrected chi connectivity index (χ4v) is 2.50. The predicted octanol–water partition coefficient (Wildman–Crippen LogP) is 3.50. The minimum absolute atomic E-state index is 0.0932. The summed E-state index contributed by atoms with van der Waals surface area (Å²) < 4.78 is 10.5. The molecular formula is C16H18ClNO3. The number of hydrogen-bond acceptors (Lipinski definition) is 4. The van der Waals surface area contributed by atoms with Gasteiger partial charge < -0.3 is 19.9 Å². The molecule has 4 nitrogen and oxygen atoms in total. The Labute approximate surface area is 129 Å². The highest BCUT2D eigenvalue weighted by molar-refractivity contribution is 6.33. The van der Waals surface area contributed by atoms with Crippen molar-refractivity contribution in [2.24, 2.45) is 0 Å². The first-order chi connectivity index (χ1) is 10.2. The van der Waals surface area contributed by atoms with Gasteiger partial charge in [0, 0.05) is 5.69 Å². The Morgan fingerprint density at radius 2 is 1.81 bits per heavy atom. The largest absolute Gasteiger partial charge is 0.493 e. The summed E-state index contributed by atoms with van der Waals surface area (Å²) in [6.07, 6.45) is 0. The van der Waals surface area contributed by atoms with Crippen LogP contribution in [0.2, 0.25) is 5.02 Å². The topological polar surface area (TPSA) is 50.7 Å².